The number of hydrogen-bond donors (Lipinski definition) is 1. The van der Waals surface area contributed by atoms with Crippen LogP contribution in [0.25, 0.3) is 0 Å². The van der Waals surface area contributed by atoms with Crippen LogP contribution in [0.15, 0.2) is 11.0 Å². The van der Waals surface area contributed by atoms with Crippen molar-refractivity contribution in [3.8, 4) is 0 Å². The first-order valence-electron chi connectivity index (χ1n) is 6.57. The highest BCUT2D eigenvalue weighted by molar-refractivity contribution is 8.18. The number of amides is 2. The summed E-state index contributed by atoms with van der Waals surface area (Å²) >= 11 is 1.06. The largest absolute Gasteiger partial charge is 0.329 e. The van der Waals surface area contributed by atoms with E-state index in [1.165, 1.54) is 17.7 Å². The molecule has 2 N–H and O–H groups in total. The van der Waals surface area contributed by atoms with Crippen LogP contribution in [-0.4, -0.2) is 29.1 Å². The van der Waals surface area contributed by atoms with Crippen LogP contribution in [0.4, 0.5) is 4.79 Å². The van der Waals surface area contributed by atoms with Crippen LogP contribution in [0.5, 0.6) is 0 Å². The van der Waals surface area contributed by atoms with E-state index in [0.717, 1.165) is 30.5 Å². The molecule has 0 aromatic rings. The molecule has 18 heavy (non-hydrogen) atoms. The minimum Gasteiger partial charge on any atom is -0.329 e. The molecule has 4 nitrogen and oxygen atoms in total. The van der Waals surface area contributed by atoms with Crippen LogP contribution in [-0.2, 0) is 4.79 Å². The fraction of sp³-hybridized carbons (Fsp3) is 0.692. The van der Waals surface area contributed by atoms with E-state index in [2.05, 4.69) is 6.92 Å². The van der Waals surface area contributed by atoms with Gasteiger partial charge in [0.2, 0.25) is 0 Å². The molecule has 0 aromatic heterocycles. The van der Waals surface area contributed by atoms with E-state index >= 15 is 0 Å². The zero-order chi connectivity index (χ0) is 13.1. The summed E-state index contributed by atoms with van der Waals surface area (Å²) < 4.78 is 0. The Bertz CT molecular complexity index is 373. The maximum absolute atomic E-state index is 12.0. The van der Waals surface area contributed by atoms with Gasteiger partial charge < -0.3 is 5.73 Å². The first-order valence-corrected chi connectivity index (χ1v) is 7.39. The molecule has 1 saturated carbocycles. The highest BCUT2D eigenvalue weighted by Crippen LogP contribution is 2.35. The number of nitrogens with zero attached hydrogens (tertiary/aromatic N) is 1. The van der Waals surface area contributed by atoms with Crippen molar-refractivity contribution in [2.75, 3.05) is 13.1 Å². The van der Waals surface area contributed by atoms with Gasteiger partial charge in [-0.1, -0.05) is 25.8 Å². The Morgan fingerprint density at radius 2 is 2.00 bits per heavy atom. The van der Waals surface area contributed by atoms with E-state index in [1.54, 1.807) is 0 Å². The zero-order valence-electron chi connectivity index (χ0n) is 10.7. The standard InChI is InChI=1S/C13H20N2O2S/c1-9-2-4-10(5-3-9)8-11-12(16)15(7-6-14)13(17)18-11/h8-10H,2-7,14H2,1H3. The van der Waals surface area contributed by atoms with Gasteiger partial charge in [0.15, 0.2) is 0 Å². The number of carbonyl (C=O) groups is 2. The zero-order valence-corrected chi connectivity index (χ0v) is 11.5. The molecule has 2 amide bonds. The Kier molecular flexibility index (Phi) is 4.45. The third kappa shape index (κ3) is 2.95. The lowest BCUT2D eigenvalue weighted by Gasteiger charge is -2.23. The Morgan fingerprint density at radius 1 is 1.33 bits per heavy atom. The number of thioether (sulfide) groups is 1. The summed E-state index contributed by atoms with van der Waals surface area (Å²) in [7, 11) is 0. The Balaban J connectivity index is 2.01. The summed E-state index contributed by atoms with van der Waals surface area (Å²) in [5, 5.41) is -0.180. The van der Waals surface area contributed by atoms with Crippen LogP contribution in [0.3, 0.4) is 0 Å². The smallest absolute Gasteiger partial charge is 0.293 e. The summed E-state index contributed by atoms with van der Waals surface area (Å²) in [6.07, 6.45) is 6.70. The molecule has 1 heterocycles. The Hall–Kier alpha value is -0.810. The van der Waals surface area contributed by atoms with Crippen LogP contribution in [0.1, 0.15) is 32.6 Å². The maximum atomic E-state index is 12.0. The fourth-order valence-electron chi connectivity index (χ4n) is 2.50. The van der Waals surface area contributed by atoms with E-state index in [9.17, 15) is 9.59 Å². The SMILES string of the molecule is CC1CCC(C=C2SC(=O)N(CCN)C2=O)CC1. The highest BCUT2D eigenvalue weighted by atomic mass is 32.2. The average molecular weight is 268 g/mol. The van der Waals surface area contributed by atoms with Gasteiger partial charge >= 0.3 is 0 Å². The molecule has 100 valence electrons. The molecule has 2 aliphatic rings. The van der Waals surface area contributed by atoms with Crippen molar-refractivity contribution in [1.29, 1.82) is 0 Å². The molecule has 5 heteroatoms. The second-order valence-electron chi connectivity index (χ2n) is 5.16. The van der Waals surface area contributed by atoms with Gasteiger partial charge in [0, 0.05) is 13.1 Å². The molecule has 1 aliphatic carbocycles. The monoisotopic (exact) mass is 268 g/mol. The minimum atomic E-state index is -0.180. The van der Waals surface area contributed by atoms with Crippen LogP contribution < -0.4 is 5.73 Å². The first-order chi connectivity index (χ1) is 8.61. The number of imide groups is 1. The van der Waals surface area contributed by atoms with E-state index in [1.807, 2.05) is 6.08 Å². The highest BCUT2D eigenvalue weighted by Gasteiger charge is 2.35. The summed E-state index contributed by atoms with van der Waals surface area (Å²) in [5.74, 6) is 1.09. The lowest BCUT2D eigenvalue weighted by molar-refractivity contribution is -0.122. The Morgan fingerprint density at radius 3 is 2.61 bits per heavy atom. The van der Waals surface area contributed by atoms with Gasteiger partial charge in [-0.05, 0) is 36.4 Å². The molecular formula is C13H20N2O2S. The van der Waals surface area contributed by atoms with E-state index in [4.69, 9.17) is 5.73 Å². The molecule has 1 aliphatic heterocycles. The molecule has 1 saturated heterocycles. The second-order valence-corrected chi connectivity index (χ2v) is 6.16. The maximum Gasteiger partial charge on any atom is 0.293 e. The lowest BCUT2D eigenvalue weighted by atomic mass is 9.83. The molecule has 2 rings (SSSR count). The normalized spacial score (nSPS) is 31.4. The number of allylic oxidation sites excluding steroid dienone is 1. The van der Waals surface area contributed by atoms with Gasteiger partial charge in [0.25, 0.3) is 11.1 Å². The van der Waals surface area contributed by atoms with Gasteiger partial charge in [-0.2, -0.15) is 0 Å². The molecule has 2 fully saturated rings. The van der Waals surface area contributed by atoms with Gasteiger partial charge in [0.1, 0.15) is 0 Å². The van der Waals surface area contributed by atoms with Crippen molar-refractivity contribution in [1.82, 2.24) is 4.90 Å². The molecule has 0 unspecified atom stereocenters. The van der Waals surface area contributed by atoms with Crippen LogP contribution >= 0.6 is 11.8 Å². The van der Waals surface area contributed by atoms with E-state index < -0.39 is 0 Å². The molecular weight excluding hydrogens is 248 g/mol. The summed E-state index contributed by atoms with van der Waals surface area (Å²) in [6.45, 7) is 2.92. The topological polar surface area (TPSA) is 63.4 Å². The van der Waals surface area contributed by atoms with Crippen molar-refractivity contribution in [2.45, 2.75) is 32.6 Å². The minimum absolute atomic E-state index is 0.158. The number of carbonyl (C=O) groups excluding carboxylic acids is 2. The average Bonchev–Trinajstić information content (AvgIpc) is 2.60. The van der Waals surface area contributed by atoms with Gasteiger partial charge in [-0.25, -0.2) is 0 Å². The van der Waals surface area contributed by atoms with Crippen molar-refractivity contribution in [3.05, 3.63) is 11.0 Å². The third-order valence-corrected chi connectivity index (χ3v) is 4.60. The molecule has 0 atom stereocenters. The van der Waals surface area contributed by atoms with Crippen molar-refractivity contribution in [3.63, 3.8) is 0 Å². The van der Waals surface area contributed by atoms with Crippen LogP contribution in [0, 0.1) is 11.8 Å². The molecule has 0 aromatic carbocycles. The third-order valence-electron chi connectivity index (χ3n) is 3.67. The Labute approximate surface area is 112 Å². The summed E-state index contributed by atoms with van der Waals surface area (Å²) in [6, 6.07) is 0. The van der Waals surface area contributed by atoms with Crippen molar-refractivity contribution >= 4 is 22.9 Å². The first kappa shape index (κ1) is 13.6. The van der Waals surface area contributed by atoms with E-state index in [0.29, 0.717) is 23.9 Å². The van der Waals surface area contributed by atoms with E-state index in [-0.39, 0.29) is 11.1 Å². The fourth-order valence-corrected chi connectivity index (χ4v) is 3.43. The molecule has 0 spiro atoms. The quantitative estimate of drug-likeness (QED) is 0.798. The molecule has 0 bridgehead atoms. The van der Waals surface area contributed by atoms with Crippen LogP contribution in [0.2, 0.25) is 0 Å². The van der Waals surface area contributed by atoms with Gasteiger partial charge in [0.05, 0.1) is 4.91 Å². The molecule has 0 radical (unpaired) electrons. The number of nitrogens with two attached hydrogens (primary N) is 1. The second kappa shape index (κ2) is 5.89. The predicted octanol–water partition coefficient (Wildman–Crippen LogP) is 2.35. The number of hydrogen-bond acceptors (Lipinski definition) is 4. The predicted molar refractivity (Wildman–Crippen MR) is 73.0 cm³/mol. The number of rotatable bonds is 3. The van der Waals surface area contributed by atoms with Gasteiger partial charge in [-0.15, -0.1) is 0 Å². The van der Waals surface area contributed by atoms with Gasteiger partial charge in [-0.3, -0.25) is 14.5 Å². The summed E-state index contributed by atoms with van der Waals surface area (Å²) in [4.78, 5) is 25.5. The lowest BCUT2D eigenvalue weighted by Crippen LogP contribution is -2.33. The van der Waals surface area contributed by atoms with Crippen molar-refractivity contribution < 1.29 is 9.59 Å². The summed E-state index contributed by atoms with van der Waals surface area (Å²) in [5.41, 5.74) is 5.40. The van der Waals surface area contributed by atoms with Crippen molar-refractivity contribution in [2.24, 2.45) is 17.6 Å².